The fourth-order valence-electron chi connectivity index (χ4n) is 1.73. The van der Waals surface area contributed by atoms with Crippen LogP contribution < -0.4 is 10.6 Å². The molecular formula is C10H14F2N4. The molecule has 0 unspecified atom stereocenters. The third-order valence-electron chi connectivity index (χ3n) is 2.88. The van der Waals surface area contributed by atoms with Crippen LogP contribution in [-0.4, -0.2) is 29.0 Å². The fraction of sp³-hybridized carbons (Fsp3) is 0.600. The summed E-state index contributed by atoms with van der Waals surface area (Å²) >= 11 is 0. The number of nitrogens with zero attached hydrogens (tertiary/aromatic N) is 3. The van der Waals surface area contributed by atoms with Crippen LogP contribution in [0.25, 0.3) is 0 Å². The van der Waals surface area contributed by atoms with Gasteiger partial charge in [-0.15, -0.1) is 0 Å². The molecule has 1 aromatic heterocycles. The van der Waals surface area contributed by atoms with E-state index in [4.69, 9.17) is 5.73 Å². The monoisotopic (exact) mass is 228 g/mol. The molecule has 1 heterocycles. The van der Waals surface area contributed by atoms with Crippen molar-refractivity contribution in [1.29, 1.82) is 0 Å². The zero-order valence-electron chi connectivity index (χ0n) is 9.03. The molecule has 1 aliphatic rings. The van der Waals surface area contributed by atoms with Crippen LogP contribution in [0.4, 0.5) is 14.6 Å². The Kier molecular flexibility index (Phi) is 2.75. The van der Waals surface area contributed by atoms with Crippen LogP contribution in [-0.2, 0) is 6.54 Å². The summed E-state index contributed by atoms with van der Waals surface area (Å²) in [5.41, 5.74) is 6.08. The van der Waals surface area contributed by atoms with Gasteiger partial charge in [-0.25, -0.2) is 13.8 Å². The first-order valence-corrected chi connectivity index (χ1v) is 5.13. The molecule has 0 aliphatic heterocycles. The van der Waals surface area contributed by atoms with Crippen LogP contribution in [0.5, 0.6) is 0 Å². The summed E-state index contributed by atoms with van der Waals surface area (Å²) in [5.74, 6) is -1.90. The topological polar surface area (TPSA) is 55.0 Å². The van der Waals surface area contributed by atoms with Crippen molar-refractivity contribution in [2.45, 2.75) is 31.4 Å². The van der Waals surface area contributed by atoms with Crippen LogP contribution in [0, 0.1) is 0 Å². The lowest BCUT2D eigenvalue weighted by atomic mass is 9.87. The normalized spacial score (nSPS) is 19.2. The van der Waals surface area contributed by atoms with Crippen LogP contribution >= 0.6 is 0 Å². The molecule has 2 N–H and O–H groups in total. The first kappa shape index (κ1) is 11.2. The summed E-state index contributed by atoms with van der Waals surface area (Å²) in [6.07, 6.45) is 2.93. The average Bonchev–Trinajstić information content (AvgIpc) is 2.25. The molecule has 4 nitrogen and oxygen atoms in total. The Morgan fingerprint density at radius 3 is 2.56 bits per heavy atom. The van der Waals surface area contributed by atoms with Gasteiger partial charge in [0.05, 0.1) is 18.1 Å². The van der Waals surface area contributed by atoms with Crippen molar-refractivity contribution in [3.8, 4) is 0 Å². The minimum absolute atomic E-state index is 0.107. The summed E-state index contributed by atoms with van der Waals surface area (Å²) in [5, 5.41) is 0. The maximum Gasteiger partial charge on any atom is 0.252 e. The average molecular weight is 228 g/mol. The lowest BCUT2D eigenvalue weighted by Crippen LogP contribution is -2.49. The van der Waals surface area contributed by atoms with Crippen LogP contribution in [0.3, 0.4) is 0 Å². The summed E-state index contributed by atoms with van der Waals surface area (Å²) in [6.45, 7) is 0.332. The highest BCUT2D eigenvalue weighted by atomic mass is 19.3. The molecule has 0 radical (unpaired) electrons. The van der Waals surface area contributed by atoms with Gasteiger partial charge >= 0.3 is 0 Å². The maximum atomic E-state index is 12.7. The van der Waals surface area contributed by atoms with Crippen molar-refractivity contribution in [3.63, 3.8) is 0 Å². The van der Waals surface area contributed by atoms with Crippen LogP contribution in [0.1, 0.15) is 18.5 Å². The summed E-state index contributed by atoms with van der Waals surface area (Å²) in [6, 6.07) is -0.145. The van der Waals surface area contributed by atoms with Crippen molar-refractivity contribution in [2.75, 3.05) is 11.9 Å². The number of halogens is 2. The van der Waals surface area contributed by atoms with E-state index in [1.54, 1.807) is 24.3 Å². The zero-order chi connectivity index (χ0) is 11.8. The van der Waals surface area contributed by atoms with E-state index in [1.807, 2.05) is 0 Å². The highest BCUT2D eigenvalue weighted by Crippen LogP contribution is 2.40. The van der Waals surface area contributed by atoms with Crippen molar-refractivity contribution in [1.82, 2.24) is 9.97 Å². The summed E-state index contributed by atoms with van der Waals surface area (Å²) in [4.78, 5) is 9.96. The number of nitrogens with two attached hydrogens (primary N) is 1. The van der Waals surface area contributed by atoms with Gasteiger partial charge < -0.3 is 10.6 Å². The Balaban J connectivity index is 2.01. The van der Waals surface area contributed by atoms with Gasteiger partial charge in [0.1, 0.15) is 5.82 Å². The van der Waals surface area contributed by atoms with Gasteiger partial charge in [-0.1, -0.05) is 0 Å². The second-order valence-corrected chi connectivity index (χ2v) is 4.10. The van der Waals surface area contributed by atoms with E-state index in [1.165, 1.54) is 0 Å². The van der Waals surface area contributed by atoms with Crippen LogP contribution in [0.2, 0.25) is 0 Å². The molecule has 0 bridgehead atoms. The zero-order valence-corrected chi connectivity index (χ0v) is 9.03. The van der Waals surface area contributed by atoms with E-state index in [0.29, 0.717) is 18.1 Å². The van der Waals surface area contributed by atoms with Crippen molar-refractivity contribution >= 4 is 5.82 Å². The standard InChI is InChI=1S/C10H14F2N4/c1-16(8-2-10(11,12)3-8)9-6-14-7(4-13)5-15-9/h5-6,8H,2-4,13H2,1H3. The molecule has 0 aromatic carbocycles. The van der Waals surface area contributed by atoms with E-state index in [-0.39, 0.29) is 18.9 Å². The molecule has 0 spiro atoms. The van der Waals surface area contributed by atoms with Gasteiger partial charge in [-0.3, -0.25) is 4.98 Å². The van der Waals surface area contributed by atoms with E-state index < -0.39 is 5.92 Å². The van der Waals surface area contributed by atoms with E-state index in [2.05, 4.69) is 9.97 Å². The molecular weight excluding hydrogens is 214 g/mol. The Morgan fingerprint density at radius 1 is 1.44 bits per heavy atom. The summed E-state index contributed by atoms with van der Waals surface area (Å²) < 4.78 is 25.4. The fourth-order valence-corrected chi connectivity index (χ4v) is 1.73. The molecule has 6 heteroatoms. The van der Waals surface area contributed by atoms with Gasteiger partial charge in [-0.2, -0.15) is 0 Å². The molecule has 16 heavy (non-hydrogen) atoms. The molecule has 0 amide bonds. The SMILES string of the molecule is CN(c1cnc(CN)cn1)C1CC(F)(F)C1. The first-order valence-electron chi connectivity index (χ1n) is 5.13. The number of rotatable bonds is 3. The number of aromatic nitrogens is 2. The second-order valence-electron chi connectivity index (χ2n) is 4.10. The smallest absolute Gasteiger partial charge is 0.252 e. The molecule has 1 saturated carbocycles. The highest BCUT2D eigenvalue weighted by Gasteiger charge is 2.47. The molecule has 0 saturated heterocycles. The molecule has 1 fully saturated rings. The highest BCUT2D eigenvalue weighted by molar-refractivity contribution is 5.37. The predicted molar refractivity (Wildman–Crippen MR) is 56.3 cm³/mol. The van der Waals surface area contributed by atoms with Gasteiger partial charge in [0.2, 0.25) is 0 Å². The van der Waals surface area contributed by atoms with E-state index >= 15 is 0 Å². The Bertz CT molecular complexity index is 358. The molecule has 1 aromatic rings. The molecule has 88 valence electrons. The number of alkyl halides is 2. The predicted octanol–water partition coefficient (Wildman–Crippen LogP) is 1.17. The quantitative estimate of drug-likeness (QED) is 0.843. The molecule has 2 rings (SSSR count). The first-order chi connectivity index (χ1) is 7.52. The van der Waals surface area contributed by atoms with E-state index in [9.17, 15) is 8.78 Å². The second kappa shape index (κ2) is 3.93. The number of hydrogen-bond donors (Lipinski definition) is 1. The van der Waals surface area contributed by atoms with Crippen molar-refractivity contribution in [2.24, 2.45) is 5.73 Å². The molecule has 1 aliphatic carbocycles. The van der Waals surface area contributed by atoms with Gasteiger partial charge in [0.15, 0.2) is 0 Å². The minimum atomic E-state index is -2.51. The van der Waals surface area contributed by atoms with Crippen molar-refractivity contribution < 1.29 is 8.78 Å². The van der Waals surface area contributed by atoms with Gasteiger partial charge in [0, 0.05) is 32.5 Å². The summed E-state index contributed by atoms with van der Waals surface area (Å²) in [7, 11) is 1.76. The minimum Gasteiger partial charge on any atom is -0.355 e. The Labute approximate surface area is 92.5 Å². The Morgan fingerprint density at radius 2 is 2.12 bits per heavy atom. The van der Waals surface area contributed by atoms with Crippen molar-refractivity contribution in [3.05, 3.63) is 18.1 Å². The van der Waals surface area contributed by atoms with Gasteiger partial charge in [0.25, 0.3) is 5.92 Å². The molecule has 0 atom stereocenters. The number of anilines is 1. The third-order valence-corrected chi connectivity index (χ3v) is 2.88. The largest absolute Gasteiger partial charge is 0.355 e. The van der Waals surface area contributed by atoms with Gasteiger partial charge in [-0.05, 0) is 0 Å². The van der Waals surface area contributed by atoms with E-state index in [0.717, 1.165) is 0 Å². The lowest BCUT2D eigenvalue weighted by molar-refractivity contribution is -0.0850. The Hall–Kier alpha value is -1.30. The third kappa shape index (κ3) is 2.11. The van der Waals surface area contributed by atoms with Crippen LogP contribution in [0.15, 0.2) is 12.4 Å². The lowest BCUT2D eigenvalue weighted by Gasteiger charge is -2.41. The number of hydrogen-bond acceptors (Lipinski definition) is 4. The maximum absolute atomic E-state index is 12.7.